The molecule has 2 fully saturated rings. The highest BCUT2D eigenvalue weighted by Gasteiger charge is 2.28. The van der Waals surface area contributed by atoms with Gasteiger partial charge in [0.25, 0.3) is 0 Å². The van der Waals surface area contributed by atoms with Crippen molar-refractivity contribution < 1.29 is 9.47 Å². The second-order valence-corrected chi connectivity index (χ2v) is 8.64. The summed E-state index contributed by atoms with van der Waals surface area (Å²) in [5.74, 6) is 2.48. The van der Waals surface area contributed by atoms with Crippen molar-refractivity contribution in [1.29, 1.82) is 0 Å². The van der Waals surface area contributed by atoms with E-state index in [0.29, 0.717) is 18.6 Å². The predicted molar refractivity (Wildman–Crippen MR) is 141 cm³/mol. The van der Waals surface area contributed by atoms with E-state index in [1.807, 2.05) is 25.6 Å². The lowest BCUT2D eigenvalue weighted by molar-refractivity contribution is 0.0322. The monoisotopic (exact) mass is 568 g/mol. The number of guanidine groups is 1. The van der Waals surface area contributed by atoms with Gasteiger partial charge in [0, 0.05) is 58.7 Å². The number of nitrogens with one attached hydrogen (secondary N) is 1. The van der Waals surface area contributed by atoms with E-state index in [9.17, 15) is 0 Å². The molecule has 1 aromatic heterocycles. The minimum Gasteiger partial charge on any atom is -0.492 e. The van der Waals surface area contributed by atoms with Gasteiger partial charge in [0.2, 0.25) is 0 Å². The maximum absolute atomic E-state index is 6.01. The molecule has 2 aliphatic heterocycles. The smallest absolute Gasteiger partial charge is 0.193 e. The van der Waals surface area contributed by atoms with Crippen molar-refractivity contribution in [2.75, 3.05) is 59.6 Å². The van der Waals surface area contributed by atoms with Crippen LogP contribution >= 0.6 is 24.0 Å². The molecule has 4 rings (SSSR count). The van der Waals surface area contributed by atoms with Crippen LogP contribution in [0, 0.1) is 5.92 Å². The van der Waals surface area contributed by atoms with Gasteiger partial charge in [-0.05, 0) is 30.0 Å². The Morgan fingerprint density at radius 2 is 2.12 bits per heavy atom. The molecule has 3 heterocycles. The van der Waals surface area contributed by atoms with Crippen LogP contribution in [0.4, 0.5) is 0 Å². The molecular weight excluding hydrogens is 531 g/mol. The Morgan fingerprint density at radius 3 is 2.88 bits per heavy atom. The van der Waals surface area contributed by atoms with Gasteiger partial charge < -0.3 is 24.3 Å². The van der Waals surface area contributed by atoms with Crippen molar-refractivity contribution in [3.05, 3.63) is 48.5 Å². The number of morpholine rings is 1. The molecule has 0 spiro atoms. The standard InChI is InChI=1S/C24H36N6O2.HI/c1-20-6-8-29(18-23(20)30-9-7-26-19-30)24(25-2)27-17-21-4-3-5-22(16-21)32-15-12-28-10-13-31-14-11-28;/h3-5,7,9,16,19-20,23H,6,8,10-15,17-18H2,1-2H3,(H,25,27);1H. The van der Waals surface area contributed by atoms with Crippen LogP contribution in [0.5, 0.6) is 5.75 Å². The number of hydrogen-bond acceptors (Lipinski definition) is 5. The predicted octanol–water partition coefficient (Wildman–Crippen LogP) is 2.87. The SMILES string of the molecule is CN=C(NCc1cccc(OCCN2CCOCC2)c1)N1CCC(C)C(n2ccnc2)C1.I. The maximum Gasteiger partial charge on any atom is 0.193 e. The number of benzene rings is 1. The molecule has 0 amide bonds. The number of likely N-dealkylation sites (tertiary alicyclic amines) is 1. The van der Waals surface area contributed by atoms with Crippen LogP contribution in [-0.2, 0) is 11.3 Å². The lowest BCUT2D eigenvalue weighted by Crippen LogP contribution is -2.48. The van der Waals surface area contributed by atoms with E-state index in [1.165, 1.54) is 5.56 Å². The second-order valence-electron chi connectivity index (χ2n) is 8.64. The molecular formula is C24H37IN6O2. The molecule has 2 atom stereocenters. The van der Waals surface area contributed by atoms with Crippen LogP contribution in [0.25, 0.3) is 0 Å². The molecule has 1 aromatic carbocycles. The third kappa shape index (κ3) is 7.31. The van der Waals surface area contributed by atoms with Gasteiger partial charge in [-0.25, -0.2) is 4.98 Å². The number of rotatable bonds is 7. The summed E-state index contributed by atoms with van der Waals surface area (Å²) in [6.07, 6.45) is 6.97. The molecule has 2 aromatic rings. The summed E-state index contributed by atoms with van der Waals surface area (Å²) in [4.78, 5) is 13.5. The first-order chi connectivity index (χ1) is 15.7. The molecule has 33 heavy (non-hydrogen) atoms. The van der Waals surface area contributed by atoms with Crippen molar-refractivity contribution in [2.24, 2.45) is 10.9 Å². The minimum absolute atomic E-state index is 0. The summed E-state index contributed by atoms with van der Waals surface area (Å²) >= 11 is 0. The highest BCUT2D eigenvalue weighted by atomic mass is 127. The van der Waals surface area contributed by atoms with Crippen LogP contribution in [-0.4, -0.2) is 84.9 Å². The quantitative estimate of drug-likeness (QED) is 0.315. The van der Waals surface area contributed by atoms with Crippen LogP contribution in [0.2, 0.25) is 0 Å². The Bertz CT molecular complexity index is 856. The Hall–Kier alpha value is -1.85. The molecule has 182 valence electrons. The fourth-order valence-electron chi connectivity index (χ4n) is 4.47. The number of ether oxygens (including phenoxy) is 2. The molecule has 2 aliphatic rings. The van der Waals surface area contributed by atoms with E-state index in [4.69, 9.17) is 9.47 Å². The maximum atomic E-state index is 6.01. The van der Waals surface area contributed by atoms with Gasteiger partial charge in [-0.2, -0.15) is 0 Å². The fourth-order valence-corrected chi connectivity index (χ4v) is 4.47. The Labute approximate surface area is 214 Å². The summed E-state index contributed by atoms with van der Waals surface area (Å²) in [5.41, 5.74) is 1.19. The highest BCUT2D eigenvalue weighted by Crippen LogP contribution is 2.27. The zero-order valence-corrected chi connectivity index (χ0v) is 22.1. The topological polar surface area (TPSA) is 67.2 Å². The zero-order chi connectivity index (χ0) is 22.2. The molecule has 0 radical (unpaired) electrons. The lowest BCUT2D eigenvalue weighted by atomic mass is 9.93. The van der Waals surface area contributed by atoms with Gasteiger partial charge in [-0.3, -0.25) is 9.89 Å². The number of piperidine rings is 1. The van der Waals surface area contributed by atoms with E-state index in [1.54, 1.807) is 0 Å². The van der Waals surface area contributed by atoms with Crippen molar-refractivity contribution in [3.63, 3.8) is 0 Å². The van der Waals surface area contributed by atoms with Crippen molar-refractivity contribution in [2.45, 2.75) is 25.9 Å². The first-order valence-electron chi connectivity index (χ1n) is 11.7. The second kappa shape index (κ2) is 13.1. The largest absolute Gasteiger partial charge is 0.492 e. The summed E-state index contributed by atoms with van der Waals surface area (Å²) in [6.45, 7) is 10.2. The number of aromatic nitrogens is 2. The Balaban J connectivity index is 0.00000306. The first-order valence-corrected chi connectivity index (χ1v) is 11.7. The van der Waals surface area contributed by atoms with E-state index in [2.05, 4.69) is 61.0 Å². The number of imidazole rings is 1. The van der Waals surface area contributed by atoms with Gasteiger partial charge in [-0.1, -0.05) is 19.1 Å². The molecule has 8 nitrogen and oxygen atoms in total. The Kier molecular flexibility index (Phi) is 10.3. The normalized spacial score (nSPS) is 22.0. The van der Waals surface area contributed by atoms with Crippen LogP contribution < -0.4 is 10.1 Å². The molecule has 9 heteroatoms. The van der Waals surface area contributed by atoms with Crippen LogP contribution in [0.15, 0.2) is 48.0 Å². The first kappa shape index (κ1) is 25.8. The summed E-state index contributed by atoms with van der Waals surface area (Å²) in [5, 5.41) is 3.54. The summed E-state index contributed by atoms with van der Waals surface area (Å²) in [6, 6.07) is 8.74. The summed E-state index contributed by atoms with van der Waals surface area (Å²) in [7, 11) is 1.86. The average Bonchev–Trinajstić information content (AvgIpc) is 3.36. The van der Waals surface area contributed by atoms with Crippen molar-refractivity contribution in [3.8, 4) is 5.75 Å². The van der Waals surface area contributed by atoms with Gasteiger partial charge in [0.1, 0.15) is 12.4 Å². The number of nitrogens with zero attached hydrogens (tertiary/aromatic N) is 5. The van der Waals surface area contributed by atoms with Gasteiger partial charge in [0.05, 0.1) is 25.6 Å². The van der Waals surface area contributed by atoms with Crippen molar-refractivity contribution >= 4 is 29.9 Å². The number of hydrogen-bond donors (Lipinski definition) is 1. The highest BCUT2D eigenvalue weighted by molar-refractivity contribution is 14.0. The molecule has 0 saturated carbocycles. The third-order valence-corrected chi connectivity index (χ3v) is 6.47. The van der Waals surface area contributed by atoms with Gasteiger partial charge >= 0.3 is 0 Å². The minimum atomic E-state index is 0. The number of halogens is 1. The third-order valence-electron chi connectivity index (χ3n) is 6.47. The van der Waals surface area contributed by atoms with E-state index < -0.39 is 0 Å². The van der Waals surface area contributed by atoms with E-state index in [0.717, 1.165) is 70.6 Å². The van der Waals surface area contributed by atoms with E-state index in [-0.39, 0.29) is 24.0 Å². The molecule has 1 N–H and O–H groups in total. The zero-order valence-electron chi connectivity index (χ0n) is 19.7. The molecule has 0 bridgehead atoms. The van der Waals surface area contributed by atoms with Gasteiger partial charge in [0.15, 0.2) is 5.96 Å². The van der Waals surface area contributed by atoms with E-state index >= 15 is 0 Å². The van der Waals surface area contributed by atoms with Crippen LogP contribution in [0.1, 0.15) is 24.9 Å². The van der Waals surface area contributed by atoms with Crippen molar-refractivity contribution in [1.82, 2.24) is 24.7 Å². The fraction of sp³-hybridized carbons (Fsp3) is 0.583. The molecule has 2 unspecified atom stereocenters. The molecule has 2 saturated heterocycles. The lowest BCUT2D eigenvalue weighted by Gasteiger charge is -2.39. The summed E-state index contributed by atoms with van der Waals surface area (Å²) < 4.78 is 13.6. The average molecular weight is 569 g/mol. The molecule has 0 aliphatic carbocycles. The Morgan fingerprint density at radius 1 is 1.27 bits per heavy atom. The number of aliphatic imine (C=N–C) groups is 1. The van der Waals surface area contributed by atoms with Gasteiger partial charge in [-0.15, -0.1) is 24.0 Å². The van der Waals surface area contributed by atoms with Crippen LogP contribution in [0.3, 0.4) is 0 Å².